The zero-order chi connectivity index (χ0) is 28.1. The van der Waals surface area contributed by atoms with E-state index in [9.17, 15) is 29.4 Å². The Bertz CT molecular complexity index is 1200. The van der Waals surface area contributed by atoms with Crippen LogP contribution in [0.3, 0.4) is 0 Å². The van der Waals surface area contributed by atoms with E-state index < -0.39 is 71.9 Å². The fourth-order valence-electron chi connectivity index (χ4n) is 4.38. The maximum atomic E-state index is 13.6. The second-order valence-corrected chi connectivity index (χ2v) is 9.60. The van der Waals surface area contributed by atoms with Crippen LogP contribution in [0.25, 0.3) is 0 Å². The summed E-state index contributed by atoms with van der Waals surface area (Å²) in [5.74, 6) is -5.02. The highest BCUT2D eigenvalue weighted by Gasteiger charge is 2.44. The van der Waals surface area contributed by atoms with Gasteiger partial charge in [0, 0.05) is 19.2 Å². The molecule has 12 nitrogen and oxygen atoms in total. The minimum Gasteiger partial charge on any atom is -0.505 e. The second kappa shape index (κ2) is 12.2. The highest BCUT2D eigenvalue weighted by Crippen LogP contribution is 2.24. The van der Waals surface area contributed by atoms with Crippen LogP contribution in [0.2, 0.25) is 0 Å². The van der Waals surface area contributed by atoms with Crippen molar-refractivity contribution < 1.29 is 43.6 Å². The fourth-order valence-corrected chi connectivity index (χ4v) is 4.38. The smallest absolute Gasteiger partial charge is 0.350 e. The van der Waals surface area contributed by atoms with Crippen LogP contribution < -0.4 is 10.6 Å². The van der Waals surface area contributed by atoms with Crippen LogP contribution in [0.15, 0.2) is 48.7 Å². The monoisotopic (exact) mass is 541 g/mol. The molecule has 7 unspecified atom stereocenters. The minimum atomic E-state index is -1.46. The number of rotatable bonds is 5. The zero-order valence-corrected chi connectivity index (χ0v) is 21.5. The predicted molar refractivity (Wildman–Crippen MR) is 134 cm³/mol. The Kier molecular flexibility index (Phi) is 8.77. The topological polar surface area (TPSA) is 173 Å². The molecule has 7 atom stereocenters. The molecule has 2 saturated heterocycles. The lowest BCUT2D eigenvalue weighted by molar-refractivity contribution is -0.198. The third-order valence-corrected chi connectivity index (χ3v) is 6.81. The molecule has 3 heterocycles. The highest BCUT2D eigenvalue weighted by atomic mass is 16.6. The number of carbonyl (C=O) groups excluding carboxylic acids is 4. The number of nitrogens with zero attached hydrogens (tertiary/aromatic N) is 1. The molecule has 0 spiro atoms. The van der Waals surface area contributed by atoms with E-state index in [-0.39, 0.29) is 12.1 Å². The number of hydrogen-bond donors (Lipinski definition) is 4. The number of hydrogen-bond acceptors (Lipinski definition) is 10. The highest BCUT2D eigenvalue weighted by molar-refractivity contribution is 5.98. The standard InChI is InChI=1S/C27H31N3O9/c1-14-22(32)17(13-16-7-4-3-5-8-16)29-24(33)20(30-25(34)21-18(31)9-6-11-28-21)15(2)38-27(36)23(39-26(14)35)19-10-12-37-19/h3-9,11,14-15,17,19-20,22-23,31-32H,10,12-13H2,1-2H3,(H,29,33)(H,30,34). The number of ether oxygens (including phenoxy) is 3. The Morgan fingerprint density at radius 2 is 1.79 bits per heavy atom. The number of nitrogens with one attached hydrogen (secondary N) is 2. The van der Waals surface area contributed by atoms with E-state index >= 15 is 0 Å². The van der Waals surface area contributed by atoms with Crippen molar-refractivity contribution in [2.75, 3.05) is 6.61 Å². The molecule has 2 aromatic rings. The van der Waals surface area contributed by atoms with Crippen LogP contribution in [0.4, 0.5) is 0 Å². The van der Waals surface area contributed by atoms with Gasteiger partial charge in [-0.25, -0.2) is 9.78 Å². The van der Waals surface area contributed by atoms with E-state index in [1.54, 1.807) is 24.3 Å². The van der Waals surface area contributed by atoms with E-state index in [0.717, 1.165) is 5.56 Å². The lowest BCUT2D eigenvalue weighted by atomic mass is 9.92. The lowest BCUT2D eigenvalue weighted by Crippen LogP contribution is -2.60. The van der Waals surface area contributed by atoms with Gasteiger partial charge in [-0.3, -0.25) is 14.4 Å². The van der Waals surface area contributed by atoms with Gasteiger partial charge in [-0.15, -0.1) is 0 Å². The Morgan fingerprint density at radius 3 is 2.44 bits per heavy atom. The van der Waals surface area contributed by atoms with Crippen LogP contribution in [-0.2, 0) is 35.0 Å². The molecule has 2 amide bonds. The van der Waals surface area contributed by atoms with E-state index in [1.807, 2.05) is 6.07 Å². The normalized spacial score (nSPS) is 29.9. The minimum absolute atomic E-state index is 0.149. The van der Waals surface area contributed by atoms with Gasteiger partial charge >= 0.3 is 11.9 Å². The van der Waals surface area contributed by atoms with Crippen molar-refractivity contribution in [1.82, 2.24) is 15.6 Å². The molecule has 0 bridgehead atoms. The quantitative estimate of drug-likeness (QED) is 0.385. The van der Waals surface area contributed by atoms with Crippen molar-refractivity contribution in [2.24, 2.45) is 5.92 Å². The number of pyridine rings is 1. The number of esters is 2. The molecule has 0 aliphatic carbocycles. The molecule has 0 radical (unpaired) electrons. The molecule has 2 aliphatic rings. The molecule has 4 N–H and O–H groups in total. The summed E-state index contributed by atoms with van der Waals surface area (Å²) in [7, 11) is 0. The molecule has 0 saturated carbocycles. The fraction of sp³-hybridized carbons (Fsp3) is 0.444. The van der Waals surface area contributed by atoms with Gasteiger partial charge in [-0.1, -0.05) is 30.3 Å². The molecular weight excluding hydrogens is 510 g/mol. The van der Waals surface area contributed by atoms with Crippen molar-refractivity contribution in [3.05, 3.63) is 59.9 Å². The number of aliphatic hydroxyl groups excluding tert-OH is 1. The number of benzene rings is 1. The van der Waals surface area contributed by atoms with E-state index in [1.165, 1.54) is 32.2 Å². The van der Waals surface area contributed by atoms with Crippen LogP contribution in [0.1, 0.15) is 36.3 Å². The summed E-state index contributed by atoms with van der Waals surface area (Å²) in [5, 5.41) is 26.4. The number of cyclic esters (lactones) is 2. The third kappa shape index (κ3) is 6.52. The number of amides is 2. The molecule has 2 fully saturated rings. The van der Waals surface area contributed by atoms with Gasteiger partial charge in [0.25, 0.3) is 5.91 Å². The average Bonchev–Trinajstić information content (AvgIpc) is 2.89. The Hall–Kier alpha value is -4.03. The molecule has 12 heteroatoms. The van der Waals surface area contributed by atoms with Crippen molar-refractivity contribution in [3.8, 4) is 5.75 Å². The van der Waals surface area contributed by atoms with E-state index in [0.29, 0.717) is 13.0 Å². The Balaban J connectivity index is 1.67. The maximum absolute atomic E-state index is 13.6. The molecule has 39 heavy (non-hydrogen) atoms. The molecule has 1 aromatic carbocycles. The third-order valence-electron chi connectivity index (χ3n) is 6.81. The first kappa shape index (κ1) is 28.0. The largest absolute Gasteiger partial charge is 0.505 e. The molecular formula is C27H31N3O9. The van der Waals surface area contributed by atoms with Gasteiger partial charge in [0.2, 0.25) is 12.0 Å². The number of aromatic hydroxyl groups is 1. The van der Waals surface area contributed by atoms with Crippen LogP contribution in [0, 0.1) is 5.92 Å². The first-order chi connectivity index (χ1) is 18.7. The summed E-state index contributed by atoms with van der Waals surface area (Å²) >= 11 is 0. The molecule has 2 aliphatic heterocycles. The summed E-state index contributed by atoms with van der Waals surface area (Å²) in [6.45, 7) is 3.18. The van der Waals surface area contributed by atoms with Crippen molar-refractivity contribution >= 4 is 23.8 Å². The van der Waals surface area contributed by atoms with E-state index in [2.05, 4.69) is 15.6 Å². The summed E-state index contributed by atoms with van der Waals surface area (Å²) in [4.78, 5) is 56.4. The first-order valence-electron chi connectivity index (χ1n) is 12.7. The van der Waals surface area contributed by atoms with Crippen molar-refractivity contribution in [3.63, 3.8) is 0 Å². The summed E-state index contributed by atoms with van der Waals surface area (Å²) in [6.07, 6.45) is -2.94. The van der Waals surface area contributed by atoms with Crippen molar-refractivity contribution in [2.45, 2.75) is 63.2 Å². The van der Waals surface area contributed by atoms with Gasteiger partial charge in [-0.05, 0) is 38.0 Å². The van der Waals surface area contributed by atoms with Crippen molar-refractivity contribution in [1.29, 1.82) is 0 Å². The molecule has 4 rings (SSSR count). The summed E-state index contributed by atoms with van der Waals surface area (Å²) in [6, 6.07) is 9.26. The van der Waals surface area contributed by atoms with Crippen LogP contribution in [-0.4, -0.2) is 82.1 Å². The van der Waals surface area contributed by atoms with Gasteiger partial charge in [0.05, 0.1) is 18.1 Å². The van der Waals surface area contributed by atoms with Gasteiger partial charge in [-0.2, -0.15) is 0 Å². The first-order valence-corrected chi connectivity index (χ1v) is 12.7. The number of aliphatic hydroxyl groups is 1. The molecule has 1 aromatic heterocycles. The van der Waals surface area contributed by atoms with E-state index in [4.69, 9.17) is 14.2 Å². The van der Waals surface area contributed by atoms with Crippen LogP contribution in [0.5, 0.6) is 5.75 Å². The second-order valence-electron chi connectivity index (χ2n) is 9.60. The lowest BCUT2D eigenvalue weighted by Gasteiger charge is -2.36. The average molecular weight is 542 g/mol. The SMILES string of the molecule is CC1OC(=O)C(C2CCO2)OC(=O)C(C)C(O)C(Cc2ccccc2)NC(=O)C1NC(=O)c1ncccc1O. The Labute approximate surface area is 224 Å². The predicted octanol–water partition coefficient (Wildman–Crippen LogP) is 0.256. The zero-order valence-electron chi connectivity index (χ0n) is 21.5. The number of aromatic nitrogens is 1. The summed E-state index contributed by atoms with van der Waals surface area (Å²) < 4.78 is 16.3. The maximum Gasteiger partial charge on any atom is 0.350 e. The molecule has 208 valence electrons. The summed E-state index contributed by atoms with van der Waals surface area (Å²) in [5.41, 5.74) is 0.438. The Morgan fingerprint density at radius 1 is 1.08 bits per heavy atom. The van der Waals surface area contributed by atoms with Gasteiger partial charge < -0.3 is 35.1 Å². The van der Waals surface area contributed by atoms with Gasteiger partial charge in [0.15, 0.2) is 5.69 Å². The van der Waals surface area contributed by atoms with Gasteiger partial charge in [0.1, 0.15) is 24.0 Å². The number of carbonyl (C=O) groups is 4. The van der Waals surface area contributed by atoms with Crippen LogP contribution >= 0.6 is 0 Å².